The smallest absolute Gasteiger partial charge is 0.387 e. The zero-order valence-corrected chi connectivity index (χ0v) is 34.3. The maximum absolute atomic E-state index is 12.8. The average molecular weight is 757 g/mol. The molecule has 6 N–H and O–H groups in total. The molecule has 0 aromatic carbocycles. The summed E-state index contributed by atoms with van der Waals surface area (Å²) in [6.45, 7) is 3.86. The highest BCUT2D eigenvalue weighted by Gasteiger charge is 2.28. The summed E-state index contributed by atoms with van der Waals surface area (Å²) < 4.78 is 22.0. The molecule has 0 spiro atoms. The molecule has 0 rings (SSSR count). The molecule has 9 nitrogen and oxygen atoms in total. The second kappa shape index (κ2) is 38.0. The van der Waals surface area contributed by atoms with Crippen molar-refractivity contribution in [2.24, 2.45) is 5.73 Å². The fraction of sp³-hybridized carbons (Fsp3) is 0.833. The van der Waals surface area contributed by atoms with Gasteiger partial charge >= 0.3 is 7.82 Å². The number of aliphatic hydroxyl groups excluding tert-OH is 2. The van der Waals surface area contributed by atoms with E-state index in [1.165, 1.54) is 134 Å². The van der Waals surface area contributed by atoms with Crippen LogP contribution in [0.1, 0.15) is 187 Å². The van der Waals surface area contributed by atoms with Crippen LogP contribution in [0.5, 0.6) is 0 Å². The minimum atomic E-state index is -4.42. The van der Waals surface area contributed by atoms with Crippen LogP contribution in [0.3, 0.4) is 0 Å². The molecule has 0 fully saturated rings. The summed E-state index contributed by atoms with van der Waals surface area (Å²) in [7, 11) is -4.42. The molecule has 0 aromatic heterocycles. The number of nitrogens with two attached hydrogens (primary N) is 1. The summed E-state index contributed by atoms with van der Waals surface area (Å²) >= 11 is 0. The summed E-state index contributed by atoms with van der Waals surface area (Å²) in [6, 6.07) is -1.07. The predicted octanol–water partition coefficient (Wildman–Crippen LogP) is 10.5. The van der Waals surface area contributed by atoms with E-state index in [9.17, 15) is 24.5 Å². The molecule has 306 valence electrons. The van der Waals surface area contributed by atoms with E-state index in [2.05, 4.69) is 31.3 Å². The quantitative estimate of drug-likeness (QED) is 0.0180. The molecule has 1 amide bonds. The molecule has 0 aliphatic heterocycles. The molecular formula is C42H81N2O7P. The first-order valence-electron chi connectivity index (χ1n) is 21.2. The molecule has 0 aliphatic rings. The third kappa shape index (κ3) is 34.4. The number of nitrogens with one attached hydrogen (secondary N) is 1. The molecule has 0 saturated heterocycles. The van der Waals surface area contributed by atoms with E-state index in [1.54, 1.807) is 6.08 Å². The number of hydrogen-bond acceptors (Lipinski definition) is 7. The lowest BCUT2D eigenvalue weighted by Gasteiger charge is -2.24. The van der Waals surface area contributed by atoms with Crippen LogP contribution in [0.25, 0.3) is 0 Å². The van der Waals surface area contributed by atoms with E-state index in [-0.39, 0.29) is 13.2 Å². The lowest BCUT2D eigenvalue weighted by Crippen LogP contribution is -2.49. The lowest BCUT2D eigenvalue weighted by molar-refractivity contribution is -0.131. The van der Waals surface area contributed by atoms with Gasteiger partial charge in [0, 0.05) is 6.54 Å². The number of carbonyl (C=O) groups is 1. The number of allylic oxidation sites excluding steroid dienone is 5. The van der Waals surface area contributed by atoms with Crippen LogP contribution in [-0.4, -0.2) is 59.0 Å². The molecule has 0 aliphatic carbocycles. The first kappa shape index (κ1) is 50.7. The molecule has 0 bridgehead atoms. The highest BCUT2D eigenvalue weighted by Crippen LogP contribution is 2.43. The van der Waals surface area contributed by atoms with E-state index in [1.807, 2.05) is 12.2 Å². The minimum absolute atomic E-state index is 0.0362. The number of rotatable bonds is 39. The average Bonchev–Trinajstić information content (AvgIpc) is 3.13. The van der Waals surface area contributed by atoms with Gasteiger partial charge in [0.1, 0.15) is 6.10 Å². The lowest BCUT2D eigenvalue weighted by atomic mass is 10.0. The van der Waals surface area contributed by atoms with Gasteiger partial charge in [-0.3, -0.25) is 13.8 Å². The maximum Gasteiger partial charge on any atom is 0.472 e. The van der Waals surface area contributed by atoms with Gasteiger partial charge < -0.3 is 26.2 Å². The van der Waals surface area contributed by atoms with Crippen molar-refractivity contribution < 1.29 is 33.5 Å². The first-order chi connectivity index (χ1) is 25.3. The fourth-order valence-corrected chi connectivity index (χ4v) is 6.77. The van der Waals surface area contributed by atoms with Gasteiger partial charge in [0.05, 0.1) is 25.4 Å². The predicted molar refractivity (Wildman–Crippen MR) is 218 cm³/mol. The Labute approximate surface area is 319 Å². The van der Waals surface area contributed by atoms with E-state index in [4.69, 9.17) is 14.8 Å². The second-order valence-electron chi connectivity index (χ2n) is 14.4. The Hall–Kier alpha value is -1.32. The summed E-state index contributed by atoms with van der Waals surface area (Å²) in [6.07, 6.45) is 41.4. The Balaban J connectivity index is 4.30. The van der Waals surface area contributed by atoms with Gasteiger partial charge in [0.15, 0.2) is 0 Å². The molecule has 0 aromatic rings. The van der Waals surface area contributed by atoms with Gasteiger partial charge in [0.25, 0.3) is 0 Å². The second-order valence-corrected chi connectivity index (χ2v) is 15.8. The van der Waals surface area contributed by atoms with Gasteiger partial charge in [-0.1, -0.05) is 179 Å². The van der Waals surface area contributed by atoms with Crippen molar-refractivity contribution in [3.05, 3.63) is 36.5 Å². The number of aliphatic hydroxyl groups is 2. The van der Waals surface area contributed by atoms with Gasteiger partial charge in [-0.05, 0) is 44.9 Å². The van der Waals surface area contributed by atoms with Gasteiger partial charge in [-0.15, -0.1) is 0 Å². The van der Waals surface area contributed by atoms with Crippen molar-refractivity contribution in [1.29, 1.82) is 0 Å². The van der Waals surface area contributed by atoms with E-state index < -0.39 is 38.6 Å². The fourth-order valence-electron chi connectivity index (χ4n) is 6.01. The van der Waals surface area contributed by atoms with Crippen LogP contribution >= 0.6 is 7.82 Å². The van der Waals surface area contributed by atoms with Crippen molar-refractivity contribution in [3.63, 3.8) is 0 Å². The number of unbranched alkanes of at least 4 members (excludes halogenated alkanes) is 23. The molecule has 52 heavy (non-hydrogen) atoms. The van der Waals surface area contributed by atoms with Crippen LogP contribution < -0.4 is 11.1 Å². The molecule has 0 radical (unpaired) electrons. The topological polar surface area (TPSA) is 151 Å². The Morgan fingerprint density at radius 3 is 1.58 bits per heavy atom. The van der Waals surface area contributed by atoms with Crippen molar-refractivity contribution in [2.75, 3.05) is 19.8 Å². The van der Waals surface area contributed by atoms with Crippen LogP contribution in [0.2, 0.25) is 0 Å². The van der Waals surface area contributed by atoms with E-state index in [0.29, 0.717) is 12.8 Å². The normalized spacial score (nSPS) is 15.1. The van der Waals surface area contributed by atoms with Gasteiger partial charge in [-0.2, -0.15) is 0 Å². The number of hydrogen-bond donors (Lipinski definition) is 5. The molecule has 0 heterocycles. The Kier molecular flexibility index (Phi) is 37.0. The molecule has 10 heteroatoms. The Bertz CT molecular complexity index is 930. The third-order valence-corrected chi connectivity index (χ3v) is 10.3. The summed E-state index contributed by atoms with van der Waals surface area (Å²) in [5, 5.41) is 23.9. The Morgan fingerprint density at radius 2 is 1.10 bits per heavy atom. The van der Waals surface area contributed by atoms with Crippen molar-refractivity contribution in [2.45, 2.75) is 205 Å². The zero-order valence-electron chi connectivity index (χ0n) is 33.4. The van der Waals surface area contributed by atoms with Crippen LogP contribution in [0, 0.1) is 0 Å². The van der Waals surface area contributed by atoms with Crippen molar-refractivity contribution >= 4 is 13.7 Å². The van der Waals surface area contributed by atoms with Crippen molar-refractivity contribution in [3.8, 4) is 0 Å². The van der Waals surface area contributed by atoms with Gasteiger partial charge in [0.2, 0.25) is 5.91 Å². The maximum atomic E-state index is 12.8. The standard InChI is InChI=1S/C42H81N2O7P/c1-3-5-7-9-11-13-15-16-17-18-19-20-21-22-23-25-27-29-31-33-35-41(46)42(47)44-39(38-51-52(48,49)50-37-36-43)40(45)34-32-30-28-26-24-14-12-10-8-6-4-2/h16-17,28,30,32,34,39-41,45-46H,3-15,18-27,29,31,33,35-38,43H2,1-2H3,(H,44,47)(H,48,49)/b17-16-,30-28+,34-32+/t39-,40+,41?/m0/s1. The molecule has 4 atom stereocenters. The van der Waals surface area contributed by atoms with Crippen molar-refractivity contribution in [1.82, 2.24) is 5.32 Å². The third-order valence-electron chi connectivity index (χ3n) is 9.35. The Morgan fingerprint density at radius 1 is 0.654 bits per heavy atom. The first-order valence-corrected chi connectivity index (χ1v) is 22.7. The zero-order chi connectivity index (χ0) is 38.4. The monoisotopic (exact) mass is 757 g/mol. The molecule has 2 unspecified atom stereocenters. The van der Waals surface area contributed by atoms with Crippen LogP contribution in [-0.2, 0) is 18.4 Å². The number of phosphoric ester groups is 1. The SMILES string of the molecule is CCCCCCCC/C=C\CCCCCCCCCCCCC(O)C(=O)N[C@@H](COP(=O)(O)OCCN)[C@H](O)/C=C/C=C/CCCCCCCCC. The molecule has 0 saturated carbocycles. The highest BCUT2D eigenvalue weighted by molar-refractivity contribution is 7.47. The molecular weight excluding hydrogens is 675 g/mol. The van der Waals surface area contributed by atoms with Crippen LogP contribution in [0.15, 0.2) is 36.5 Å². The summed E-state index contributed by atoms with van der Waals surface area (Å²) in [4.78, 5) is 22.7. The van der Waals surface area contributed by atoms with E-state index in [0.717, 1.165) is 32.1 Å². The number of amides is 1. The minimum Gasteiger partial charge on any atom is -0.387 e. The number of phosphoric acid groups is 1. The summed E-state index contributed by atoms with van der Waals surface area (Å²) in [5.41, 5.74) is 5.34. The van der Waals surface area contributed by atoms with Crippen LogP contribution in [0.4, 0.5) is 0 Å². The summed E-state index contributed by atoms with van der Waals surface area (Å²) in [5.74, 6) is -0.653. The van der Waals surface area contributed by atoms with E-state index >= 15 is 0 Å². The number of carbonyl (C=O) groups excluding carboxylic acids is 1. The highest BCUT2D eigenvalue weighted by atomic mass is 31.2. The largest absolute Gasteiger partial charge is 0.472 e. The van der Waals surface area contributed by atoms with Gasteiger partial charge in [-0.25, -0.2) is 4.57 Å².